The molecular formula is C11H17NO5. The highest BCUT2D eigenvalue weighted by Gasteiger charge is 2.43. The van der Waals surface area contributed by atoms with Gasteiger partial charge in [-0.05, 0) is 12.8 Å². The zero-order chi connectivity index (χ0) is 12.9. The van der Waals surface area contributed by atoms with Gasteiger partial charge in [-0.25, -0.2) is 4.79 Å². The Morgan fingerprint density at radius 3 is 2.41 bits per heavy atom. The van der Waals surface area contributed by atoms with Crippen LogP contribution in [0.5, 0.6) is 0 Å². The van der Waals surface area contributed by atoms with Crippen LogP contribution in [0.25, 0.3) is 0 Å². The number of carbonyl (C=O) groups excluding carboxylic acids is 1. The summed E-state index contributed by atoms with van der Waals surface area (Å²) in [4.78, 5) is 21.7. The molecule has 1 aliphatic rings. The monoisotopic (exact) mass is 243 g/mol. The second-order valence-corrected chi connectivity index (χ2v) is 4.31. The first kappa shape index (κ1) is 13.7. The van der Waals surface area contributed by atoms with Gasteiger partial charge in [-0.1, -0.05) is 12.8 Å². The molecule has 1 atom stereocenters. The Labute approximate surface area is 98.9 Å². The third kappa shape index (κ3) is 3.28. The lowest BCUT2D eigenvalue weighted by atomic mass is 9.80. The number of carbonyl (C=O) groups is 2. The molecule has 4 N–H and O–H groups in total. The normalized spacial score (nSPS) is 20.4. The number of aliphatic hydroxyl groups excluding tert-OH is 2. The van der Waals surface area contributed by atoms with Gasteiger partial charge >= 0.3 is 5.97 Å². The van der Waals surface area contributed by atoms with Gasteiger partial charge < -0.3 is 20.6 Å². The molecule has 1 fully saturated rings. The van der Waals surface area contributed by atoms with Gasteiger partial charge in [0.15, 0.2) is 0 Å². The second-order valence-electron chi connectivity index (χ2n) is 4.31. The minimum Gasteiger partial charge on any atom is -0.478 e. The van der Waals surface area contributed by atoms with E-state index in [1.165, 1.54) is 0 Å². The summed E-state index contributed by atoms with van der Waals surface area (Å²) in [5, 5.41) is 29.7. The van der Waals surface area contributed by atoms with E-state index >= 15 is 0 Å². The number of carboxylic acid groups (broad SMARTS) is 1. The molecule has 1 rings (SSSR count). The number of hydrogen-bond donors (Lipinski definition) is 4. The smallest absolute Gasteiger partial charge is 0.329 e. The molecule has 1 amide bonds. The van der Waals surface area contributed by atoms with E-state index in [1.54, 1.807) is 0 Å². The number of aliphatic carboxylic acids is 1. The Bertz CT molecular complexity index is 320. The maximum atomic E-state index is 11.6. The van der Waals surface area contributed by atoms with E-state index in [0.717, 1.165) is 25.1 Å². The zero-order valence-corrected chi connectivity index (χ0v) is 9.43. The SMILES string of the molecule is O=C(O)C=CNC(=O)C(O)C1(CO)CCCC1. The Morgan fingerprint density at radius 1 is 1.35 bits per heavy atom. The summed E-state index contributed by atoms with van der Waals surface area (Å²) < 4.78 is 0. The van der Waals surface area contributed by atoms with Crippen molar-refractivity contribution in [3.8, 4) is 0 Å². The van der Waals surface area contributed by atoms with Crippen LogP contribution in [0.4, 0.5) is 0 Å². The first-order valence-corrected chi connectivity index (χ1v) is 5.50. The number of hydrogen-bond acceptors (Lipinski definition) is 4. The van der Waals surface area contributed by atoms with Crippen molar-refractivity contribution in [1.82, 2.24) is 5.32 Å². The van der Waals surface area contributed by atoms with Crippen LogP contribution in [0, 0.1) is 5.41 Å². The lowest BCUT2D eigenvalue weighted by Crippen LogP contribution is -2.46. The fourth-order valence-electron chi connectivity index (χ4n) is 2.15. The summed E-state index contributed by atoms with van der Waals surface area (Å²) in [5.74, 6) is -1.86. The molecular weight excluding hydrogens is 226 g/mol. The molecule has 17 heavy (non-hydrogen) atoms. The average Bonchev–Trinajstić information content (AvgIpc) is 2.77. The highest BCUT2D eigenvalue weighted by Crippen LogP contribution is 2.40. The van der Waals surface area contributed by atoms with Crippen LogP contribution >= 0.6 is 0 Å². The van der Waals surface area contributed by atoms with Gasteiger partial charge in [-0.3, -0.25) is 4.79 Å². The molecule has 0 radical (unpaired) electrons. The van der Waals surface area contributed by atoms with Crippen molar-refractivity contribution in [1.29, 1.82) is 0 Å². The zero-order valence-electron chi connectivity index (χ0n) is 9.43. The third-order valence-electron chi connectivity index (χ3n) is 3.19. The largest absolute Gasteiger partial charge is 0.478 e. The van der Waals surface area contributed by atoms with Crippen LogP contribution in [0.2, 0.25) is 0 Å². The Morgan fingerprint density at radius 2 is 1.94 bits per heavy atom. The number of rotatable bonds is 5. The van der Waals surface area contributed by atoms with Crippen molar-refractivity contribution in [3.63, 3.8) is 0 Å². The predicted molar refractivity (Wildman–Crippen MR) is 58.9 cm³/mol. The summed E-state index contributed by atoms with van der Waals surface area (Å²) in [7, 11) is 0. The van der Waals surface area contributed by atoms with E-state index in [2.05, 4.69) is 5.32 Å². The van der Waals surface area contributed by atoms with Gasteiger partial charge in [0.1, 0.15) is 6.10 Å². The van der Waals surface area contributed by atoms with Crippen LogP contribution in [0.1, 0.15) is 25.7 Å². The standard InChI is InChI=1S/C11H17NO5/c13-7-11(4-1-2-5-11)9(16)10(17)12-6-3-8(14)15/h3,6,9,13,16H,1-2,4-5,7H2,(H,12,17)(H,14,15). The van der Waals surface area contributed by atoms with Crippen molar-refractivity contribution >= 4 is 11.9 Å². The van der Waals surface area contributed by atoms with Crippen molar-refractivity contribution in [2.45, 2.75) is 31.8 Å². The van der Waals surface area contributed by atoms with E-state index in [1.807, 2.05) is 0 Å². The van der Waals surface area contributed by atoms with Crippen LogP contribution < -0.4 is 5.32 Å². The van der Waals surface area contributed by atoms with Gasteiger partial charge in [0.25, 0.3) is 5.91 Å². The topological polar surface area (TPSA) is 107 Å². The van der Waals surface area contributed by atoms with Crippen LogP contribution in [-0.2, 0) is 9.59 Å². The first-order valence-electron chi connectivity index (χ1n) is 5.50. The lowest BCUT2D eigenvalue weighted by Gasteiger charge is -2.30. The molecule has 0 aliphatic heterocycles. The molecule has 0 bridgehead atoms. The lowest BCUT2D eigenvalue weighted by molar-refractivity contribution is -0.137. The van der Waals surface area contributed by atoms with E-state index in [0.29, 0.717) is 12.8 Å². The maximum Gasteiger partial charge on any atom is 0.329 e. The fraction of sp³-hybridized carbons (Fsp3) is 0.636. The van der Waals surface area contributed by atoms with Gasteiger partial charge in [-0.15, -0.1) is 0 Å². The molecule has 6 nitrogen and oxygen atoms in total. The molecule has 0 aromatic heterocycles. The minimum atomic E-state index is -1.31. The third-order valence-corrected chi connectivity index (χ3v) is 3.19. The second kappa shape index (κ2) is 5.79. The van der Waals surface area contributed by atoms with Crippen LogP contribution in [0.15, 0.2) is 12.3 Å². The molecule has 0 spiro atoms. The summed E-state index contributed by atoms with van der Waals surface area (Å²) in [6.45, 7) is -0.246. The number of nitrogens with one attached hydrogen (secondary N) is 1. The van der Waals surface area contributed by atoms with E-state index in [4.69, 9.17) is 5.11 Å². The van der Waals surface area contributed by atoms with Crippen molar-refractivity contribution in [2.24, 2.45) is 5.41 Å². The summed E-state index contributed by atoms with van der Waals surface area (Å²) in [6, 6.07) is 0. The molecule has 6 heteroatoms. The Balaban J connectivity index is 2.59. The summed E-state index contributed by atoms with van der Waals surface area (Å²) in [5.41, 5.74) is -0.777. The number of carboxylic acids is 1. The van der Waals surface area contributed by atoms with E-state index in [9.17, 15) is 19.8 Å². The predicted octanol–water partition coefficient (Wildman–Crippen LogP) is -0.386. The number of amides is 1. The van der Waals surface area contributed by atoms with Crippen molar-refractivity contribution in [3.05, 3.63) is 12.3 Å². The minimum absolute atomic E-state index is 0.246. The van der Waals surface area contributed by atoms with E-state index < -0.39 is 23.4 Å². The highest BCUT2D eigenvalue weighted by atomic mass is 16.4. The highest BCUT2D eigenvalue weighted by molar-refractivity contribution is 5.84. The summed E-state index contributed by atoms with van der Waals surface area (Å²) in [6.07, 6.45) is 3.36. The van der Waals surface area contributed by atoms with Crippen molar-refractivity contribution < 1.29 is 24.9 Å². The first-order chi connectivity index (χ1) is 8.02. The van der Waals surface area contributed by atoms with Gasteiger partial charge in [0, 0.05) is 17.7 Å². The fourth-order valence-corrected chi connectivity index (χ4v) is 2.15. The molecule has 0 heterocycles. The molecule has 1 aliphatic carbocycles. The van der Waals surface area contributed by atoms with Gasteiger partial charge in [0.05, 0.1) is 6.61 Å². The van der Waals surface area contributed by atoms with Crippen LogP contribution in [0.3, 0.4) is 0 Å². The number of aliphatic hydroxyl groups is 2. The Kier molecular flexibility index (Phi) is 4.65. The van der Waals surface area contributed by atoms with Gasteiger partial charge in [0.2, 0.25) is 0 Å². The average molecular weight is 243 g/mol. The van der Waals surface area contributed by atoms with E-state index in [-0.39, 0.29) is 6.61 Å². The molecule has 0 aromatic rings. The summed E-state index contributed by atoms with van der Waals surface area (Å²) >= 11 is 0. The van der Waals surface area contributed by atoms with Gasteiger partial charge in [-0.2, -0.15) is 0 Å². The molecule has 0 aromatic carbocycles. The Hall–Kier alpha value is -1.40. The molecule has 1 unspecified atom stereocenters. The maximum absolute atomic E-state index is 11.6. The molecule has 96 valence electrons. The quantitative estimate of drug-likeness (QED) is 0.492. The molecule has 1 saturated carbocycles. The van der Waals surface area contributed by atoms with Crippen LogP contribution in [-0.4, -0.2) is 39.9 Å². The van der Waals surface area contributed by atoms with Crippen molar-refractivity contribution in [2.75, 3.05) is 6.61 Å². The molecule has 0 saturated heterocycles.